The van der Waals surface area contributed by atoms with Crippen molar-refractivity contribution in [2.75, 3.05) is 0 Å². The van der Waals surface area contributed by atoms with Crippen LogP contribution in [0.2, 0.25) is 0 Å². The summed E-state index contributed by atoms with van der Waals surface area (Å²) in [6, 6.07) is 0. The summed E-state index contributed by atoms with van der Waals surface area (Å²) in [5.41, 5.74) is 0.0285. The van der Waals surface area contributed by atoms with E-state index in [2.05, 4.69) is 10.1 Å². The maximum Gasteiger partial charge on any atom is 0.138 e. The highest BCUT2D eigenvalue weighted by atomic mass is 16.3. The molecule has 0 amide bonds. The minimum atomic E-state index is -0.547. The van der Waals surface area contributed by atoms with Gasteiger partial charge in [-0.05, 0) is 43.9 Å². The molecular weight excluding hydrogens is 226 g/mol. The van der Waals surface area contributed by atoms with Gasteiger partial charge in [-0.3, -0.25) is 4.68 Å². The lowest BCUT2D eigenvalue weighted by atomic mass is 9.67. The van der Waals surface area contributed by atoms with Crippen LogP contribution >= 0.6 is 0 Å². The van der Waals surface area contributed by atoms with Gasteiger partial charge in [-0.2, -0.15) is 5.10 Å². The fraction of sp³-hybridized carbons (Fsp3) is 0.857. The summed E-state index contributed by atoms with van der Waals surface area (Å²) < 4.78 is 1.78. The van der Waals surface area contributed by atoms with E-state index in [4.69, 9.17) is 0 Å². The largest absolute Gasteiger partial charge is 0.389 e. The van der Waals surface area contributed by atoms with Gasteiger partial charge < -0.3 is 5.11 Å². The first-order valence-electron chi connectivity index (χ1n) is 7.16. The van der Waals surface area contributed by atoms with Gasteiger partial charge in [-0.1, -0.05) is 12.8 Å². The second kappa shape index (κ2) is 4.34. The maximum absolute atomic E-state index is 10.7. The minimum Gasteiger partial charge on any atom is -0.389 e. The van der Waals surface area contributed by atoms with E-state index in [1.807, 2.05) is 7.05 Å². The molecule has 0 saturated heterocycles. The number of hydrogen-bond acceptors (Lipinski definition) is 3. The number of hydrogen-bond donors (Lipinski definition) is 1. The molecule has 3 rings (SSSR count). The van der Waals surface area contributed by atoms with Crippen molar-refractivity contribution in [3.63, 3.8) is 0 Å². The van der Waals surface area contributed by atoms with E-state index in [-0.39, 0.29) is 0 Å². The first kappa shape index (κ1) is 12.2. The standard InChI is InChI=1S/C14H23N3O/c1-17-12(15-11-16-17)10-14(18)8-6-13(7-9-14)4-2-3-5-13/h11,18H,2-10H2,1H3. The summed E-state index contributed by atoms with van der Waals surface area (Å²) >= 11 is 0. The SMILES string of the molecule is Cn1ncnc1CC1(O)CCC2(CCCC2)CC1. The van der Waals surface area contributed by atoms with Gasteiger partial charge in [-0.25, -0.2) is 4.98 Å². The number of rotatable bonds is 2. The van der Waals surface area contributed by atoms with Crippen LogP contribution in [0.1, 0.15) is 57.2 Å². The van der Waals surface area contributed by atoms with Crippen LogP contribution in [0.15, 0.2) is 6.33 Å². The average Bonchev–Trinajstić information content (AvgIpc) is 2.96. The molecule has 1 aromatic heterocycles. The third kappa shape index (κ3) is 2.18. The number of aromatic nitrogens is 3. The lowest BCUT2D eigenvalue weighted by Crippen LogP contribution is -2.40. The molecule has 4 nitrogen and oxygen atoms in total. The summed E-state index contributed by atoms with van der Waals surface area (Å²) in [5, 5.41) is 14.8. The Hall–Kier alpha value is -0.900. The zero-order valence-electron chi connectivity index (χ0n) is 11.2. The molecule has 0 aromatic carbocycles. The smallest absolute Gasteiger partial charge is 0.138 e. The fourth-order valence-electron chi connectivity index (χ4n) is 3.82. The highest BCUT2D eigenvalue weighted by molar-refractivity contribution is 5.00. The maximum atomic E-state index is 10.7. The molecule has 2 aliphatic rings. The van der Waals surface area contributed by atoms with Crippen molar-refractivity contribution >= 4 is 0 Å². The van der Waals surface area contributed by atoms with Gasteiger partial charge in [0.15, 0.2) is 0 Å². The van der Waals surface area contributed by atoms with Crippen molar-refractivity contribution in [2.45, 2.75) is 63.4 Å². The lowest BCUT2D eigenvalue weighted by molar-refractivity contribution is -0.0340. The molecule has 18 heavy (non-hydrogen) atoms. The zero-order chi connectivity index (χ0) is 12.6. The van der Waals surface area contributed by atoms with E-state index in [0.717, 1.165) is 18.7 Å². The van der Waals surface area contributed by atoms with Crippen molar-refractivity contribution in [1.29, 1.82) is 0 Å². The predicted octanol–water partition coefficient (Wildman–Crippen LogP) is 2.22. The first-order valence-corrected chi connectivity index (χ1v) is 7.16. The van der Waals surface area contributed by atoms with Gasteiger partial charge in [0.2, 0.25) is 0 Å². The third-order valence-corrected chi connectivity index (χ3v) is 5.20. The Balaban J connectivity index is 1.65. The Labute approximate surface area is 108 Å². The molecule has 1 heterocycles. The first-order chi connectivity index (χ1) is 8.61. The topological polar surface area (TPSA) is 50.9 Å². The molecule has 0 aliphatic heterocycles. The summed E-state index contributed by atoms with van der Waals surface area (Å²) in [6.45, 7) is 0. The van der Waals surface area contributed by atoms with Crippen LogP contribution in [0.3, 0.4) is 0 Å². The molecule has 2 saturated carbocycles. The minimum absolute atomic E-state index is 0.547. The van der Waals surface area contributed by atoms with Gasteiger partial charge in [-0.15, -0.1) is 0 Å². The molecule has 100 valence electrons. The third-order valence-electron chi connectivity index (χ3n) is 5.20. The highest BCUT2D eigenvalue weighted by Gasteiger charge is 2.43. The van der Waals surface area contributed by atoms with Gasteiger partial charge in [0.25, 0.3) is 0 Å². The van der Waals surface area contributed by atoms with Crippen molar-refractivity contribution in [2.24, 2.45) is 12.5 Å². The molecule has 0 atom stereocenters. The van der Waals surface area contributed by atoms with E-state index >= 15 is 0 Å². The molecule has 0 bridgehead atoms. The van der Waals surface area contributed by atoms with Crippen molar-refractivity contribution in [3.8, 4) is 0 Å². The monoisotopic (exact) mass is 249 g/mol. The Morgan fingerprint density at radius 2 is 1.83 bits per heavy atom. The molecule has 1 N–H and O–H groups in total. The summed E-state index contributed by atoms with van der Waals surface area (Å²) in [4.78, 5) is 4.24. The second-order valence-corrected chi connectivity index (χ2v) is 6.41. The Morgan fingerprint density at radius 1 is 1.17 bits per heavy atom. The Bertz CT molecular complexity index is 410. The normalized spacial score (nSPS) is 25.7. The van der Waals surface area contributed by atoms with Gasteiger partial charge in [0.05, 0.1) is 5.60 Å². The van der Waals surface area contributed by atoms with Gasteiger partial charge >= 0.3 is 0 Å². The van der Waals surface area contributed by atoms with E-state index < -0.39 is 5.60 Å². The number of aryl methyl sites for hydroxylation is 1. The zero-order valence-corrected chi connectivity index (χ0v) is 11.2. The molecule has 0 unspecified atom stereocenters. The van der Waals surface area contributed by atoms with Crippen LogP contribution < -0.4 is 0 Å². The molecule has 2 aliphatic carbocycles. The molecule has 2 fully saturated rings. The van der Waals surface area contributed by atoms with Crippen LogP contribution in [-0.2, 0) is 13.5 Å². The molecular formula is C14H23N3O. The van der Waals surface area contributed by atoms with E-state index in [9.17, 15) is 5.11 Å². The number of nitrogens with zero attached hydrogens (tertiary/aromatic N) is 3. The van der Waals surface area contributed by atoms with Gasteiger partial charge in [0, 0.05) is 13.5 Å². The Kier molecular flexibility index (Phi) is 2.93. The molecule has 0 radical (unpaired) electrons. The van der Waals surface area contributed by atoms with E-state index in [0.29, 0.717) is 11.8 Å². The summed E-state index contributed by atoms with van der Waals surface area (Å²) in [7, 11) is 1.90. The van der Waals surface area contributed by atoms with Crippen molar-refractivity contribution < 1.29 is 5.11 Å². The van der Waals surface area contributed by atoms with Crippen molar-refractivity contribution in [3.05, 3.63) is 12.2 Å². The average molecular weight is 249 g/mol. The number of aliphatic hydroxyl groups is 1. The van der Waals surface area contributed by atoms with Gasteiger partial charge in [0.1, 0.15) is 12.2 Å². The van der Waals surface area contributed by atoms with E-state index in [1.165, 1.54) is 38.5 Å². The molecule has 1 spiro atoms. The van der Waals surface area contributed by atoms with Crippen LogP contribution in [0.5, 0.6) is 0 Å². The molecule has 1 aromatic rings. The summed E-state index contributed by atoms with van der Waals surface area (Å²) in [5.74, 6) is 0.903. The van der Waals surface area contributed by atoms with Crippen molar-refractivity contribution in [1.82, 2.24) is 14.8 Å². The second-order valence-electron chi connectivity index (χ2n) is 6.41. The van der Waals surface area contributed by atoms with Crippen LogP contribution in [0, 0.1) is 5.41 Å². The highest BCUT2D eigenvalue weighted by Crippen LogP contribution is 2.51. The predicted molar refractivity (Wildman–Crippen MR) is 69.0 cm³/mol. The lowest BCUT2D eigenvalue weighted by Gasteiger charge is -2.42. The fourth-order valence-corrected chi connectivity index (χ4v) is 3.82. The quantitative estimate of drug-likeness (QED) is 0.874. The summed E-state index contributed by atoms with van der Waals surface area (Å²) in [6.07, 6.45) is 12.0. The van der Waals surface area contributed by atoms with Crippen LogP contribution in [0.25, 0.3) is 0 Å². The Morgan fingerprint density at radius 3 is 2.39 bits per heavy atom. The van der Waals surface area contributed by atoms with E-state index in [1.54, 1.807) is 11.0 Å². The van der Waals surface area contributed by atoms with Crippen LogP contribution in [-0.4, -0.2) is 25.5 Å². The van der Waals surface area contributed by atoms with Crippen LogP contribution in [0.4, 0.5) is 0 Å². The molecule has 4 heteroatoms.